The number of sulfonamides is 1. The number of halogens is 4. The third-order valence-electron chi connectivity index (χ3n) is 5.95. The molecule has 1 unspecified atom stereocenters. The largest absolute Gasteiger partial charge is 0.488 e. The Kier molecular flexibility index (Phi) is 7.78. The molecule has 1 fully saturated rings. The van der Waals surface area contributed by atoms with Crippen LogP contribution in [0.2, 0.25) is 5.02 Å². The highest BCUT2D eigenvalue weighted by molar-refractivity contribution is 7.92. The van der Waals surface area contributed by atoms with Crippen molar-refractivity contribution >= 4 is 27.3 Å². The molecule has 1 aliphatic rings. The number of likely N-dealkylation sites (N-methyl/N-ethyl adjacent to an activating group) is 1. The molecule has 0 amide bonds. The lowest BCUT2D eigenvalue weighted by Crippen LogP contribution is -2.24. The van der Waals surface area contributed by atoms with Gasteiger partial charge in [-0.1, -0.05) is 23.7 Å². The van der Waals surface area contributed by atoms with Gasteiger partial charge in [-0.15, -0.1) is 0 Å². The Balaban J connectivity index is 1.63. The molecule has 3 aromatic rings. The number of aryl methyl sites for hydroxylation is 1. The normalized spacial score (nSPS) is 16.2. The number of nitriles is 1. The van der Waals surface area contributed by atoms with Gasteiger partial charge in [0.05, 0.1) is 15.6 Å². The molecular formula is C26H23ClF3N3O4S. The van der Waals surface area contributed by atoms with Gasteiger partial charge < -0.3 is 14.4 Å². The number of benzene rings is 3. The summed E-state index contributed by atoms with van der Waals surface area (Å²) in [5, 5.41) is 9.51. The third-order valence-corrected chi connectivity index (χ3v) is 7.79. The molecule has 0 radical (unpaired) electrons. The Morgan fingerprint density at radius 1 is 1.13 bits per heavy atom. The van der Waals surface area contributed by atoms with E-state index >= 15 is 0 Å². The maximum absolute atomic E-state index is 14.1. The quantitative estimate of drug-likeness (QED) is 0.366. The summed E-state index contributed by atoms with van der Waals surface area (Å²) in [6, 6.07) is 14.1. The van der Waals surface area contributed by atoms with E-state index in [2.05, 4.69) is 4.72 Å². The monoisotopic (exact) mass is 565 g/mol. The second-order valence-corrected chi connectivity index (χ2v) is 10.9. The first-order valence-corrected chi connectivity index (χ1v) is 13.3. The van der Waals surface area contributed by atoms with Crippen LogP contribution in [0.15, 0.2) is 59.5 Å². The van der Waals surface area contributed by atoms with Crippen LogP contribution in [0.25, 0.3) is 0 Å². The second kappa shape index (κ2) is 10.7. The van der Waals surface area contributed by atoms with Crippen molar-refractivity contribution < 1.29 is 31.1 Å². The Labute approximate surface area is 223 Å². The molecule has 4 rings (SSSR count). The molecule has 0 spiro atoms. The summed E-state index contributed by atoms with van der Waals surface area (Å²) >= 11 is 6.02. The number of rotatable bonds is 7. The van der Waals surface area contributed by atoms with Gasteiger partial charge in [-0.25, -0.2) is 8.42 Å². The molecule has 38 heavy (non-hydrogen) atoms. The van der Waals surface area contributed by atoms with Gasteiger partial charge in [-0.2, -0.15) is 18.4 Å². The second-order valence-electron chi connectivity index (χ2n) is 8.83. The fraction of sp³-hybridized carbons (Fsp3) is 0.269. The molecule has 1 saturated heterocycles. The minimum atomic E-state index is -4.87. The van der Waals surface area contributed by atoms with E-state index in [0.29, 0.717) is 19.5 Å². The highest BCUT2D eigenvalue weighted by atomic mass is 35.5. The molecule has 0 bridgehead atoms. The van der Waals surface area contributed by atoms with E-state index in [-0.39, 0.29) is 32.5 Å². The topological polar surface area (TPSA) is 91.7 Å². The zero-order chi connectivity index (χ0) is 27.7. The van der Waals surface area contributed by atoms with Crippen LogP contribution in [0.4, 0.5) is 18.9 Å². The molecule has 1 aliphatic heterocycles. The Bertz CT molecular complexity index is 1510. The standard InChI is InChI=1S/C26H23ClF3N3O4S/c1-16-13-17(36-22-7-3-5-20(27)19(22)14-31)9-10-24(16)38(34,35)32-21-6-4-8-23(25(21)26(28,29)30)37-18-11-12-33(2)15-18/h3-10,13,18,32H,11-12,15H2,1-2H3. The SMILES string of the molecule is Cc1cc(Oc2cccc(Cl)c2C#N)ccc1S(=O)(=O)Nc1cccc(OC2CCN(C)C2)c1C(F)(F)F. The summed E-state index contributed by atoms with van der Waals surface area (Å²) in [6.45, 7) is 2.63. The first-order valence-electron chi connectivity index (χ1n) is 11.4. The molecule has 7 nitrogen and oxygen atoms in total. The van der Waals surface area contributed by atoms with Crippen LogP contribution >= 0.6 is 11.6 Å². The van der Waals surface area contributed by atoms with Crippen LogP contribution in [0.5, 0.6) is 17.2 Å². The number of nitrogens with zero attached hydrogens (tertiary/aromatic N) is 2. The van der Waals surface area contributed by atoms with E-state index < -0.39 is 39.3 Å². The minimum absolute atomic E-state index is 0.108. The van der Waals surface area contributed by atoms with Crippen LogP contribution in [0.1, 0.15) is 23.1 Å². The van der Waals surface area contributed by atoms with Gasteiger partial charge >= 0.3 is 6.18 Å². The molecule has 1 atom stereocenters. The number of nitrogens with one attached hydrogen (secondary N) is 1. The zero-order valence-electron chi connectivity index (χ0n) is 20.3. The summed E-state index contributed by atoms with van der Waals surface area (Å²) in [5.41, 5.74) is -1.51. The van der Waals surface area contributed by atoms with E-state index in [9.17, 15) is 26.9 Å². The fourth-order valence-electron chi connectivity index (χ4n) is 4.19. The summed E-state index contributed by atoms with van der Waals surface area (Å²) in [6.07, 6.45) is -4.76. The highest BCUT2D eigenvalue weighted by Gasteiger charge is 2.39. The van der Waals surface area contributed by atoms with Crippen LogP contribution in [-0.2, 0) is 16.2 Å². The van der Waals surface area contributed by atoms with Crippen molar-refractivity contribution in [3.8, 4) is 23.3 Å². The van der Waals surface area contributed by atoms with Gasteiger partial charge in [0.1, 0.15) is 40.5 Å². The first-order chi connectivity index (χ1) is 17.9. The fourth-order valence-corrected chi connectivity index (χ4v) is 5.70. The predicted octanol–water partition coefficient (Wildman–Crippen LogP) is 6.21. The number of alkyl halides is 3. The Morgan fingerprint density at radius 3 is 2.47 bits per heavy atom. The number of anilines is 1. The van der Waals surface area contributed by atoms with Gasteiger partial charge in [0.15, 0.2) is 0 Å². The lowest BCUT2D eigenvalue weighted by Gasteiger charge is -2.21. The van der Waals surface area contributed by atoms with E-state index in [1.165, 1.54) is 49.4 Å². The van der Waals surface area contributed by atoms with Gasteiger partial charge in [0.25, 0.3) is 10.0 Å². The maximum atomic E-state index is 14.1. The summed E-state index contributed by atoms with van der Waals surface area (Å²) in [5.74, 6) is -0.0466. The van der Waals surface area contributed by atoms with Crippen molar-refractivity contribution in [2.24, 2.45) is 0 Å². The van der Waals surface area contributed by atoms with Gasteiger partial charge in [0.2, 0.25) is 0 Å². The van der Waals surface area contributed by atoms with Crippen molar-refractivity contribution in [3.63, 3.8) is 0 Å². The average Bonchev–Trinajstić information content (AvgIpc) is 3.22. The van der Waals surface area contributed by atoms with Crippen molar-refractivity contribution in [2.75, 3.05) is 24.9 Å². The van der Waals surface area contributed by atoms with Crippen molar-refractivity contribution in [3.05, 3.63) is 76.3 Å². The van der Waals surface area contributed by atoms with Crippen LogP contribution in [0.3, 0.4) is 0 Å². The van der Waals surface area contributed by atoms with Crippen LogP contribution in [-0.4, -0.2) is 39.6 Å². The molecule has 3 aromatic carbocycles. The number of hydrogen-bond donors (Lipinski definition) is 1. The molecule has 1 heterocycles. The van der Waals surface area contributed by atoms with Crippen molar-refractivity contribution in [1.29, 1.82) is 5.26 Å². The van der Waals surface area contributed by atoms with E-state index in [1.807, 2.05) is 18.0 Å². The summed E-state index contributed by atoms with van der Waals surface area (Å²) in [4.78, 5) is 1.70. The Hall–Kier alpha value is -3.46. The highest BCUT2D eigenvalue weighted by Crippen LogP contribution is 2.43. The summed E-state index contributed by atoms with van der Waals surface area (Å²) in [7, 11) is -2.59. The first kappa shape index (κ1) is 27.6. The lowest BCUT2D eigenvalue weighted by molar-refractivity contribution is -0.138. The van der Waals surface area contributed by atoms with Gasteiger partial charge in [-0.3, -0.25) is 4.72 Å². The molecule has 0 aliphatic carbocycles. The zero-order valence-corrected chi connectivity index (χ0v) is 21.9. The molecule has 1 N–H and O–H groups in total. The Morgan fingerprint density at radius 2 is 1.84 bits per heavy atom. The third kappa shape index (κ3) is 5.99. The van der Waals surface area contributed by atoms with Gasteiger partial charge in [0, 0.05) is 13.1 Å². The predicted molar refractivity (Wildman–Crippen MR) is 136 cm³/mol. The van der Waals surface area contributed by atoms with E-state index in [1.54, 1.807) is 6.07 Å². The molecular weight excluding hydrogens is 543 g/mol. The molecule has 200 valence electrons. The molecule has 0 aromatic heterocycles. The van der Waals surface area contributed by atoms with E-state index in [0.717, 1.165) is 6.07 Å². The maximum Gasteiger partial charge on any atom is 0.421 e. The number of ether oxygens (including phenoxy) is 2. The average molecular weight is 566 g/mol. The van der Waals surface area contributed by atoms with Crippen molar-refractivity contribution in [2.45, 2.75) is 30.5 Å². The van der Waals surface area contributed by atoms with Crippen LogP contribution in [0, 0.1) is 18.3 Å². The lowest BCUT2D eigenvalue weighted by atomic mass is 10.1. The van der Waals surface area contributed by atoms with Crippen molar-refractivity contribution in [1.82, 2.24) is 4.90 Å². The van der Waals surface area contributed by atoms with E-state index in [4.69, 9.17) is 21.1 Å². The van der Waals surface area contributed by atoms with Crippen LogP contribution < -0.4 is 14.2 Å². The smallest absolute Gasteiger partial charge is 0.421 e. The number of likely N-dealkylation sites (tertiary alicyclic amines) is 1. The molecule has 0 saturated carbocycles. The molecule has 12 heteroatoms. The summed E-state index contributed by atoms with van der Waals surface area (Å²) < 4.78 is 82.1. The number of hydrogen-bond acceptors (Lipinski definition) is 6. The minimum Gasteiger partial charge on any atom is -0.488 e. The van der Waals surface area contributed by atoms with Gasteiger partial charge in [-0.05, 0) is 68.4 Å².